The molecule has 0 amide bonds. The van der Waals surface area contributed by atoms with Crippen molar-refractivity contribution in [2.75, 3.05) is 5.73 Å². The second kappa shape index (κ2) is 1.71. The van der Waals surface area contributed by atoms with Crippen LogP contribution in [0.2, 0.25) is 0 Å². The number of anilines is 1. The van der Waals surface area contributed by atoms with Gasteiger partial charge in [0, 0.05) is 5.92 Å². The standard InChI is InChI=1S/C6H9N3O/c1-3-2-4(3)5-8-9-6(7)10-5/h3-4H,2H2,1H3,(H2,7,9)/t3-,4+/m0/s1. The molecule has 1 aromatic heterocycles. The minimum atomic E-state index is 0.175. The van der Waals surface area contributed by atoms with Crippen molar-refractivity contribution in [1.29, 1.82) is 0 Å². The fourth-order valence-corrected chi connectivity index (χ4v) is 1.06. The Morgan fingerprint density at radius 1 is 1.60 bits per heavy atom. The van der Waals surface area contributed by atoms with Crippen molar-refractivity contribution in [2.24, 2.45) is 5.92 Å². The largest absolute Gasteiger partial charge is 0.408 e. The molecule has 1 aliphatic carbocycles. The van der Waals surface area contributed by atoms with Crippen LogP contribution in [0.15, 0.2) is 4.42 Å². The predicted octanol–water partition coefficient (Wildman–Crippen LogP) is 0.775. The van der Waals surface area contributed by atoms with Crippen LogP contribution < -0.4 is 5.73 Å². The highest BCUT2D eigenvalue weighted by atomic mass is 16.4. The van der Waals surface area contributed by atoms with Crippen molar-refractivity contribution in [3.05, 3.63) is 5.89 Å². The second-order valence-electron chi connectivity index (χ2n) is 2.80. The van der Waals surface area contributed by atoms with E-state index in [1.165, 1.54) is 0 Å². The van der Waals surface area contributed by atoms with Crippen molar-refractivity contribution >= 4 is 6.01 Å². The lowest BCUT2D eigenvalue weighted by Gasteiger charge is -1.83. The highest BCUT2D eigenvalue weighted by Gasteiger charge is 2.38. The van der Waals surface area contributed by atoms with E-state index in [1.54, 1.807) is 0 Å². The fourth-order valence-electron chi connectivity index (χ4n) is 1.06. The van der Waals surface area contributed by atoms with E-state index in [0.29, 0.717) is 17.7 Å². The molecule has 0 saturated heterocycles. The zero-order valence-electron chi connectivity index (χ0n) is 5.74. The summed E-state index contributed by atoms with van der Waals surface area (Å²) in [6.45, 7) is 2.16. The topological polar surface area (TPSA) is 64.9 Å². The Morgan fingerprint density at radius 2 is 2.30 bits per heavy atom. The van der Waals surface area contributed by atoms with Gasteiger partial charge in [0.2, 0.25) is 5.89 Å². The Labute approximate surface area is 58.4 Å². The Bertz CT molecular complexity index is 245. The van der Waals surface area contributed by atoms with E-state index < -0.39 is 0 Å². The summed E-state index contributed by atoms with van der Waals surface area (Å²) >= 11 is 0. The molecular formula is C6H9N3O. The molecule has 1 aromatic rings. The molecule has 0 bridgehead atoms. The first-order chi connectivity index (χ1) is 4.77. The number of nitrogen functional groups attached to an aromatic ring is 1. The summed E-state index contributed by atoms with van der Waals surface area (Å²) in [7, 11) is 0. The molecule has 2 N–H and O–H groups in total. The monoisotopic (exact) mass is 139 g/mol. The van der Waals surface area contributed by atoms with Crippen LogP contribution >= 0.6 is 0 Å². The molecule has 0 aromatic carbocycles. The van der Waals surface area contributed by atoms with Crippen molar-refractivity contribution in [3.8, 4) is 0 Å². The van der Waals surface area contributed by atoms with Gasteiger partial charge in [-0.3, -0.25) is 0 Å². The van der Waals surface area contributed by atoms with Crippen LogP contribution in [0.3, 0.4) is 0 Å². The fraction of sp³-hybridized carbons (Fsp3) is 0.667. The van der Waals surface area contributed by atoms with Gasteiger partial charge in [-0.2, -0.15) is 0 Å². The molecule has 54 valence electrons. The molecule has 4 heteroatoms. The summed E-state index contributed by atoms with van der Waals surface area (Å²) in [6.07, 6.45) is 1.15. The van der Waals surface area contributed by atoms with Gasteiger partial charge in [-0.15, -0.1) is 5.10 Å². The van der Waals surface area contributed by atoms with Crippen LogP contribution in [0.4, 0.5) is 6.01 Å². The first-order valence-electron chi connectivity index (χ1n) is 3.36. The third-order valence-electron chi connectivity index (χ3n) is 1.88. The van der Waals surface area contributed by atoms with Crippen molar-refractivity contribution in [1.82, 2.24) is 10.2 Å². The summed E-state index contributed by atoms with van der Waals surface area (Å²) in [4.78, 5) is 0. The van der Waals surface area contributed by atoms with Gasteiger partial charge in [0.05, 0.1) is 0 Å². The molecule has 0 radical (unpaired) electrons. The van der Waals surface area contributed by atoms with E-state index >= 15 is 0 Å². The van der Waals surface area contributed by atoms with Gasteiger partial charge in [0.1, 0.15) is 0 Å². The average Bonchev–Trinajstić information content (AvgIpc) is 2.42. The molecule has 0 spiro atoms. The highest BCUT2D eigenvalue weighted by molar-refractivity contribution is 5.11. The highest BCUT2D eigenvalue weighted by Crippen LogP contribution is 2.46. The van der Waals surface area contributed by atoms with Crippen LogP contribution in [0.1, 0.15) is 25.2 Å². The molecule has 1 saturated carbocycles. The van der Waals surface area contributed by atoms with Gasteiger partial charge in [-0.05, 0) is 12.3 Å². The maximum absolute atomic E-state index is 5.25. The van der Waals surface area contributed by atoms with Crippen LogP contribution in [0.25, 0.3) is 0 Å². The lowest BCUT2D eigenvalue weighted by Crippen LogP contribution is -1.81. The number of nitrogens with two attached hydrogens (primary N) is 1. The van der Waals surface area contributed by atoms with Crippen LogP contribution in [-0.4, -0.2) is 10.2 Å². The van der Waals surface area contributed by atoms with Crippen LogP contribution in [-0.2, 0) is 0 Å². The third-order valence-corrected chi connectivity index (χ3v) is 1.88. The third kappa shape index (κ3) is 0.761. The van der Waals surface area contributed by atoms with E-state index in [9.17, 15) is 0 Å². The second-order valence-corrected chi connectivity index (χ2v) is 2.80. The predicted molar refractivity (Wildman–Crippen MR) is 35.2 cm³/mol. The van der Waals surface area contributed by atoms with Crippen LogP contribution in [0, 0.1) is 5.92 Å². The van der Waals surface area contributed by atoms with Gasteiger partial charge < -0.3 is 10.2 Å². The maximum Gasteiger partial charge on any atom is 0.312 e. The summed E-state index contributed by atoms with van der Waals surface area (Å²) in [5.74, 6) is 1.87. The first kappa shape index (κ1) is 5.70. The summed E-state index contributed by atoms with van der Waals surface area (Å²) < 4.78 is 5.03. The molecule has 2 atom stereocenters. The quantitative estimate of drug-likeness (QED) is 0.624. The summed E-state index contributed by atoms with van der Waals surface area (Å²) in [6, 6.07) is 0.175. The van der Waals surface area contributed by atoms with Crippen molar-refractivity contribution in [3.63, 3.8) is 0 Å². The molecule has 10 heavy (non-hydrogen) atoms. The maximum atomic E-state index is 5.25. The number of rotatable bonds is 1. The molecule has 1 aliphatic rings. The molecule has 2 rings (SSSR count). The van der Waals surface area contributed by atoms with E-state index in [-0.39, 0.29) is 6.01 Å². The Kier molecular flexibility index (Phi) is 0.977. The lowest BCUT2D eigenvalue weighted by atomic mass is 10.3. The zero-order chi connectivity index (χ0) is 7.14. The van der Waals surface area contributed by atoms with Gasteiger partial charge in [0.25, 0.3) is 0 Å². The normalized spacial score (nSPS) is 30.5. The average molecular weight is 139 g/mol. The summed E-state index contributed by atoms with van der Waals surface area (Å²) in [5.41, 5.74) is 5.25. The minimum Gasteiger partial charge on any atom is -0.408 e. The molecule has 4 nitrogen and oxygen atoms in total. The first-order valence-corrected chi connectivity index (χ1v) is 3.36. The van der Waals surface area contributed by atoms with Crippen LogP contribution in [0.5, 0.6) is 0 Å². The van der Waals surface area contributed by atoms with Gasteiger partial charge >= 0.3 is 6.01 Å². The number of hydrogen-bond donors (Lipinski definition) is 1. The minimum absolute atomic E-state index is 0.175. The smallest absolute Gasteiger partial charge is 0.312 e. The van der Waals surface area contributed by atoms with Gasteiger partial charge in [0.15, 0.2) is 0 Å². The molecular weight excluding hydrogens is 130 g/mol. The zero-order valence-corrected chi connectivity index (χ0v) is 5.74. The SMILES string of the molecule is C[C@H]1C[C@H]1c1nnc(N)o1. The van der Waals surface area contributed by atoms with E-state index in [0.717, 1.165) is 6.42 Å². The Balaban J connectivity index is 2.20. The number of nitrogens with zero attached hydrogens (tertiary/aromatic N) is 2. The van der Waals surface area contributed by atoms with Crippen molar-refractivity contribution in [2.45, 2.75) is 19.3 Å². The summed E-state index contributed by atoms with van der Waals surface area (Å²) in [5, 5.41) is 7.36. The van der Waals surface area contributed by atoms with Gasteiger partial charge in [-0.25, -0.2) is 0 Å². The van der Waals surface area contributed by atoms with Gasteiger partial charge in [-0.1, -0.05) is 12.0 Å². The Morgan fingerprint density at radius 3 is 2.70 bits per heavy atom. The molecule has 0 aliphatic heterocycles. The Hall–Kier alpha value is -1.06. The number of hydrogen-bond acceptors (Lipinski definition) is 4. The number of aromatic nitrogens is 2. The van der Waals surface area contributed by atoms with E-state index in [1.807, 2.05) is 0 Å². The van der Waals surface area contributed by atoms with E-state index in [4.69, 9.17) is 10.2 Å². The lowest BCUT2D eigenvalue weighted by molar-refractivity contribution is 0.506. The molecule has 1 fully saturated rings. The molecule has 1 heterocycles. The molecule has 0 unspecified atom stereocenters. The van der Waals surface area contributed by atoms with E-state index in [2.05, 4.69) is 17.1 Å². The van der Waals surface area contributed by atoms with Crippen molar-refractivity contribution < 1.29 is 4.42 Å².